The summed E-state index contributed by atoms with van der Waals surface area (Å²) in [6.45, 7) is 1.92. The fourth-order valence-electron chi connectivity index (χ4n) is 2.77. The van der Waals surface area contributed by atoms with Crippen LogP contribution in [0.1, 0.15) is 5.56 Å². The Bertz CT molecular complexity index is 1010. The fraction of sp³-hybridized carbons (Fsp3) is 0.167. The molecule has 0 radical (unpaired) electrons. The number of aromatic nitrogens is 1. The van der Waals surface area contributed by atoms with Gasteiger partial charge >= 0.3 is 59.1 Å². The van der Waals surface area contributed by atoms with Crippen LogP contribution in [0.25, 0.3) is 22.4 Å². The fourth-order valence-corrected chi connectivity index (χ4v) is 3.86. The minimum atomic E-state index is -5.08. The number of methoxy groups -OCH3 is 2. The molecule has 29 heavy (non-hydrogen) atoms. The zero-order chi connectivity index (χ0) is 19.6. The second-order valence-corrected chi connectivity index (χ2v) is 7.37. The van der Waals surface area contributed by atoms with E-state index >= 15 is 0 Å². The van der Waals surface area contributed by atoms with Gasteiger partial charge in [-0.05, 0) is 53.8 Å². The summed E-state index contributed by atoms with van der Waals surface area (Å²) in [6, 6.07) is 10.0. The van der Waals surface area contributed by atoms with Gasteiger partial charge in [-0.3, -0.25) is 0 Å². The van der Waals surface area contributed by atoms with Crippen molar-refractivity contribution in [1.29, 1.82) is 0 Å². The second kappa shape index (κ2) is 11.3. The molecule has 0 aliphatic carbocycles. The molecule has 0 aliphatic rings. The number of phosphoric ester groups is 1. The van der Waals surface area contributed by atoms with Crippen LogP contribution >= 0.6 is 19.4 Å². The Morgan fingerprint density at radius 1 is 1.00 bits per heavy atom. The van der Waals surface area contributed by atoms with Crippen molar-refractivity contribution in [2.75, 3.05) is 14.2 Å². The van der Waals surface area contributed by atoms with E-state index in [2.05, 4.69) is 8.90 Å². The van der Waals surface area contributed by atoms with Gasteiger partial charge < -0.3 is 28.3 Å². The van der Waals surface area contributed by atoms with E-state index in [1.165, 1.54) is 23.7 Å². The average molecular weight is 451 g/mol. The molecule has 11 heteroatoms. The first-order valence-electron chi connectivity index (χ1n) is 7.82. The third-order valence-electron chi connectivity index (χ3n) is 3.89. The van der Waals surface area contributed by atoms with Crippen molar-refractivity contribution in [2.45, 2.75) is 6.92 Å². The molecule has 3 rings (SSSR count). The number of phosphoric acid groups is 1. The zero-order valence-electron chi connectivity index (χ0n) is 16.8. The number of nitrogens with zero attached hydrogens (tertiary/aromatic N) is 1. The third kappa shape index (κ3) is 6.55. The van der Waals surface area contributed by atoms with Gasteiger partial charge in [-0.1, -0.05) is 12.1 Å². The van der Waals surface area contributed by atoms with Gasteiger partial charge in [0.25, 0.3) is 0 Å². The second-order valence-electron chi connectivity index (χ2n) is 5.67. The molecule has 0 spiro atoms. The summed E-state index contributed by atoms with van der Waals surface area (Å²) < 4.78 is 30.4. The predicted octanol–water partition coefficient (Wildman–Crippen LogP) is -2.98. The summed E-state index contributed by atoms with van der Waals surface area (Å²) >= 11 is 1.30. The first kappa shape index (κ1) is 26.7. The minimum Gasteiger partial charge on any atom is -0.780 e. The molecule has 3 aromatic rings. The molecule has 2 aromatic carbocycles. The smallest absolute Gasteiger partial charge is 0.780 e. The summed E-state index contributed by atoms with van der Waals surface area (Å²) in [6.07, 6.45) is 0. The van der Waals surface area contributed by atoms with Gasteiger partial charge in [0.2, 0.25) is 0 Å². The van der Waals surface area contributed by atoms with E-state index in [0.29, 0.717) is 11.5 Å². The number of hydrogen-bond donors (Lipinski definition) is 0. The van der Waals surface area contributed by atoms with E-state index in [1.807, 2.05) is 24.4 Å². The van der Waals surface area contributed by atoms with Gasteiger partial charge in [0.05, 0.1) is 19.9 Å². The normalized spacial score (nSPS) is 10.5. The van der Waals surface area contributed by atoms with Crippen LogP contribution in [0.3, 0.4) is 0 Å². The number of ether oxygens (including phenoxy) is 2. The van der Waals surface area contributed by atoms with Crippen molar-refractivity contribution in [2.24, 2.45) is 0 Å². The molecule has 7 nitrogen and oxygen atoms in total. The van der Waals surface area contributed by atoms with E-state index in [0.717, 1.165) is 27.9 Å². The van der Waals surface area contributed by atoms with Crippen LogP contribution in [0.15, 0.2) is 41.8 Å². The Labute approximate surface area is 217 Å². The van der Waals surface area contributed by atoms with E-state index in [1.54, 1.807) is 26.4 Å². The van der Waals surface area contributed by atoms with Crippen molar-refractivity contribution in [3.05, 3.63) is 47.3 Å². The van der Waals surface area contributed by atoms with Gasteiger partial charge in [0, 0.05) is 16.5 Å². The molecular formula is C18H16NNa2O6PS. The monoisotopic (exact) mass is 451 g/mol. The maximum absolute atomic E-state index is 10.7. The summed E-state index contributed by atoms with van der Waals surface area (Å²) in [5.41, 5.74) is 4.22. The SMILES string of the molecule is COc1cc(-c2nscc2-c2ccc(OP(=O)([O-])[O-])cc2)cc(C)c1OC.[Na+].[Na+]. The molecule has 0 N–H and O–H groups in total. The van der Waals surface area contributed by atoms with Gasteiger partial charge in [-0.15, -0.1) is 0 Å². The maximum Gasteiger partial charge on any atom is 1.00 e. The summed E-state index contributed by atoms with van der Waals surface area (Å²) in [5, 5.41) is 1.89. The molecule has 0 unspecified atom stereocenters. The molecule has 0 saturated heterocycles. The largest absolute Gasteiger partial charge is 1.00 e. The maximum atomic E-state index is 10.7. The van der Waals surface area contributed by atoms with Crippen LogP contribution in [-0.4, -0.2) is 18.6 Å². The molecule has 0 saturated carbocycles. The van der Waals surface area contributed by atoms with Crippen LogP contribution < -0.4 is 82.9 Å². The Balaban J connectivity index is 0.00000210. The first-order chi connectivity index (χ1) is 12.8. The third-order valence-corrected chi connectivity index (χ3v) is 4.95. The Kier molecular flexibility index (Phi) is 10.4. The molecular weight excluding hydrogens is 435 g/mol. The number of hydrogen-bond acceptors (Lipinski definition) is 8. The Morgan fingerprint density at radius 2 is 1.66 bits per heavy atom. The van der Waals surface area contributed by atoms with Gasteiger partial charge in [-0.25, -0.2) is 0 Å². The molecule has 0 fully saturated rings. The van der Waals surface area contributed by atoms with Crippen molar-refractivity contribution in [3.8, 4) is 39.6 Å². The van der Waals surface area contributed by atoms with E-state index < -0.39 is 7.82 Å². The Hall–Kier alpha value is -0.380. The molecule has 0 aliphatic heterocycles. The predicted molar refractivity (Wildman–Crippen MR) is 99.1 cm³/mol. The molecule has 0 bridgehead atoms. The summed E-state index contributed by atoms with van der Waals surface area (Å²) in [5.74, 6) is 1.25. The van der Waals surface area contributed by atoms with E-state index in [-0.39, 0.29) is 64.9 Å². The van der Waals surface area contributed by atoms with Crippen molar-refractivity contribution in [3.63, 3.8) is 0 Å². The topological polar surface area (TPSA) is 104 Å². The zero-order valence-corrected chi connectivity index (χ0v) is 22.5. The minimum absolute atomic E-state index is 0. The average Bonchev–Trinajstić information content (AvgIpc) is 3.10. The standard InChI is InChI=1S/C18H18NO6PS.2Na/c1-11-8-13(9-16(23-2)18(11)24-3)17-15(10-27-19-17)12-4-6-14(7-5-12)25-26(20,21)22;;/h4-10H,1-3H3,(H2,20,21,22);;/q;2*+1/p-2. The molecule has 142 valence electrons. The van der Waals surface area contributed by atoms with Crippen molar-refractivity contribution >= 4 is 19.4 Å². The summed E-state index contributed by atoms with van der Waals surface area (Å²) in [4.78, 5) is 21.4. The van der Waals surface area contributed by atoms with Crippen LogP contribution in [0.4, 0.5) is 0 Å². The van der Waals surface area contributed by atoms with Gasteiger partial charge in [0.1, 0.15) is 13.6 Å². The van der Waals surface area contributed by atoms with Crippen LogP contribution in [0, 0.1) is 6.92 Å². The number of rotatable bonds is 6. The number of aryl methyl sites for hydroxylation is 1. The van der Waals surface area contributed by atoms with Crippen LogP contribution in [0.5, 0.6) is 17.2 Å². The first-order valence-corrected chi connectivity index (χ1v) is 10.1. The van der Waals surface area contributed by atoms with Crippen molar-refractivity contribution < 1.29 is 87.5 Å². The van der Waals surface area contributed by atoms with Gasteiger partial charge in [-0.2, -0.15) is 4.37 Å². The quantitative estimate of drug-likeness (QED) is 0.291. The van der Waals surface area contributed by atoms with Crippen molar-refractivity contribution in [1.82, 2.24) is 4.37 Å². The van der Waals surface area contributed by atoms with E-state index in [4.69, 9.17) is 9.47 Å². The van der Waals surface area contributed by atoms with Gasteiger partial charge in [0.15, 0.2) is 11.5 Å². The molecule has 1 aromatic heterocycles. The molecule has 0 atom stereocenters. The van der Waals surface area contributed by atoms with Crippen LogP contribution in [0.2, 0.25) is 0 Å². The Morgan fingerprint density at radius 3 is 2.21 bits per heavy atom. The van der Waals surface area contributed by atoms with Crippen LogP contribution in [-0.2, 0) is 4.57 Å². The number of benzene rings is 2. The molecule has 1 heterocycles. The molecule has 0 amide bonds. The van der Waals surface area contributed by atoms with E-state index in [9.17, 15) is 14.4 Å². The summed E-state index contributed by atoms with van der Waals surface area (Å²) in [7, 11) is -1.91.